The van der Waals surface area contributed by atoms with Gasteiger partial charge in [0.25, 0.3) is 0 Å². The third kappa shape index (κ3) is 4.10. The topological polar surface area (TPSA) is 105 Å². The number of aliphatic hydroxyl groups excluding tert-OH is 3. The third-order valence-corrected chi connectivity index (χ3v) is 11.1. The van der Waals surface area contributed by atoms with E-state index in [0.717, 1.165) is 25.2 Å². The Kier molecular flexibility index (Phi) is 6.88. The molecule has 0 amide bonds. The Labute approximate surface area is 209 Å². The summed E-state index contributed by atoms with van der Waals surface area (Å²) < 4.78 is 17.1. The fraction of sp³-hybridized carbons (Fsp3) is 0.893. The Balaban J connectivity index is 1.32. The fourth-order valence-electron chi connectivity index (χ4n) is 9.26. The van der Waals surface area contributed by atoms with Crippen LogP contribution < -0.4 is 0 Å². The Hall–Kier alpha value is -0.990. The highest BCUT2D eigenvalue weighted by molar-refractivity contribution is 5.66. The maximum atomic E-state index is 11.3. The monoisotopic (exact) mass is 492 g/mol. The van der Waals surface area contributed by atoms with Crippen molar-refractivity contribution >= 4 is 5.97 Å². The van der Waals surface area contributed by atoms with E-state index in [1.165, 1.54) is 32.6 Å². The summed E-state index contributed by atoms with van der Waals surface area (Å²) in [5.41, 5.74) is 0.434. The zero-order valence-electron chi connectivity index (χ0n) is 21.5. The van der Waals surface area contributed by atoms with Crippen LogP contribution in [0.3, 0.4) is 0 Å². The van der Waals surface area contributed by atoms with Crippen LogP contribution >= 0.6 is 0 Å². The van der Waals surface area contributed by atoms with Crippen molar-refractivity contribution < 1.29 is 34.3 Å². The van der Waals surface area contributed by atoms with Gasteiger partial charge in [0.15, 0.2) is 12.4 Å². The predicted molar refractivity (Wildman–Crippen MR) is 129 cm³/mol. The minimum absolute atomic E-state index is 0.0529. The molecule has 0 spiro atoms. The first kappa shape index (κ1) is 25.7. The molecule has 1 unspecified atom stereocenters. The molecule has 5 rings (SSSR count). The van der Waals surface area contributed by atoms with Crippen LogP contribution in [-0.4, -0.2) is 64.7 Å². The normalized spacial score (nSPS) is 53.7. The van der Waals surface area contributed by atoms with Crippen LogP contribution in [0.2, 0.25) is 0 Å². The van der Waals surface area contributed by atoms with E-state index in [-0.39, 0.29) is 17.9 Å². The first-order chi connectivity index (χ1) is 16.6. The van der Waals surface area contributed by atoms with Crippen LogP contribution in [0.5, 0.6) is 0 Å². The van der Waals surface area contributed by atoms with Gasteiger partial charge in [-0.3, -0.25) is 4.79 Å². The lowest BCUT2D eigenvalue weighted by Crippen LogP contribution is -2.61. The van der Waals surface area contributed by atoms with E-state index < -0.39 is 42.8 Å². The van der Waals surface area contributed by atoms with Gasteiger partial charge in [0.1, 0.15) is 12.2 Å². The minimum Gasteiger partial charge on any atom is -0.457 e. The number of rotatable bonds is 4. The average molecular weight is 493 g/mol. The van der Waals surface area contributed by atoms with Crippen molar-refractivity contribution in [2.24, 2.45) is 40.4 Å². The molecule has 35 heavy (non-hydrogen) atoms. The summed E-state index contributed by atoms with van der Waals surface area (Å²) in [6.07, 6.45) is 5.26. The van der Waals surface area contributed by atoms with Gasteiger partial charge in [-0.25, -0.2) is 0 Å². The number of allylic oxidation sites excluding steroid dienone is 1. The van der Waals surface area contributed by atoms with Gasteiger partial charge in [-0.2, -0.15) is 0 Å². The number of ether oxygens (including phenoxy) is 3. The quantitative estimate of drug-likeness (QED) is 0.409. The molecule has 3 N–H and O–H groups in total. The van der Waals surface area contributed by atoms with Crippen molar-refractivity contribution in [2.75, 3.05) is 6.61 Å². The lowest BCUT2D eigenvalue weighted by molar-refractivity contribution is -0.311. The molecule has 198 valence electrons. The smallest absolute Gasteiger partial charge is 0.303 e. The van der Waals surface area contributed by atoms with Crippen LogP contribution in [-0.2, 0) is 19.0 Å². The Morgan fingerprint density at radius 2 is 1.63 bits per heavy atom. The molecule has 7 nitrogen and oxygen atoms in total. The molecule has 1 heterocycles. The molecule has 0 bridgehead atoms. The zero-order valence-corrected chi connectivity index (χ0v) is 21.5. The van der Waals surface area contributed by atoms with E-state index >= 15 is 0 Å². The van der Waals surface area contributed by atoms with Gasteiger partial charge in [-0.1, -0.05) is 19.9 Å². The lowest BCUT2D eigenvalue weighted by atomic mass is 9.44. The molecular formula is C28H44O7. The molecule has 5 aliphatic rings. The molecule has 1 saturated heterocycles. The molecule has 13 atom stereocenters. The number of aliphatic hydroxyl groups is 3. The molecule has 4 saturated carbocycles. The molecule has 1 aliphatic heterocycles. The molecule has 0 aromatic carbocycles. The average Bonchev–Trinajstić information content (AvgIpc) is 3.16. The summed E-state index contributed by atoms with van der Waals surface area (Å²) in [6.45, 7) is 10.3. The second kappa shape index (κ2) is 9.39. The maximum absolute atomic E-state index is 11.3. The second-order valence-electron chi connectivity index (χ2n) is 12.6. The second-order valence-corrected chi connectivity index (χ2v) is 12.6. The fourth-order valence-corrected chi connectivity index (χ4v) is 9.26. The van der Waals surface area contributed by atoms with Gasteiger partial charge < -0.3 is 29.5 Å². The van der Waals surface area contributed by atoms with E-state index in [2.05, 4.69) is 26.5 Å². The Bertz CT molecular complexity index is 817. The molecule has 7 heteroatoms. The zero-order chi connectivity index (χ0) is 25.1. The van der Waals surface area contributed by atoms with Crippen LogP contribution in [0.4, 0.5) is 0 Å². The highest BCUT2D eigenvalue weighted by Gasteiger charge is 2.62. The van der Waals surface area contributed by atoms with Crippen molar-refractivity contribution in [3.63, 3.8) is 0 Å². The van der Waals surface area contributed by atoms with Crippen LogP contribution in [0.1, 0.15) is 72.1 Å². The maximum Gasteiger partial charge on any atom is 0.303 e. The third-order valence-electron chi connectivity index (χ3n) is 11.1. The molecule has 0 aromatic heterocycles. The molecule has 5 fully saturated rings. The number of hydrogen-bond donors (Lipinski definition) is 3. The van der Waals surface area contributed by atoms with Gasteiger partial charge in [-0.05, 0) is 91.8 Å². The van der Waals surface area contributed by atoms with Crippen molar-refractivity contribution in [3.05, 3.63) is 12.7 Å². The summed E-state index contributed by atoms with van der Waals surface area (Å²) in [6, 6.07) is 0. The van der Waals surface area contributed by atoms with Gasteiger partial charge in [-0.15, -0.1) is 6.58 Å². The SMILES string of the molecule is C=C[C@H]1CC[C@H]2[C@@H]3CCC4[C@H](O[C@@H]5OC[C@@H](OC(C)=O)[C@H](O)[C@H]5O)[C@@H](O)CC[C@]4(C)[C@H]3CC[C@]12C. The molecule has 0 aromatic rings. The standard InChI is InChI=1S/C28H44O7/c1-5-16-6-8-18-17-7-9-20-25(35-26-24(32)23(31)22(14-33-26)34-15(2)29)21(30)11-13-28(20,4)19(17)10-12-27(16,18)3/h5,16-26,30-32H,1,6-14H2,2-4H3/t16-,17-,18-,19-,20?,21-,22+,23-,24+,25-,26-,27+,28+/m0/s1. The molecular weight excluding hydrogens is 448 g/mol. The first-order valence-electron chi connectivity index (χ1n) is 13.7. The highest BCUT2D eigenvalue weighted by Crippen LogP contribution is 2.67. The van der Waals surface area contributed by atoms with E-state index in [0.29, 0.717) is 29.6 Å². The number of hydrogen-bond acceptors (Lipinski definition) is 7. The van der Waals surface area contributed by atoms with Crippen LogP contribution in [0.25, 0.3) is 0 Å². The molecule has 4 aliphatic carbocycles. The number of carbonyl (C=O) groups is 1. The summed E-state index contributed by atoms with van der Waals surface area (Å²) in [5.74, 6) is 2.31. The minimum atomic E-state index is -1.35. The van der Waals surface area contributed by atoms with Gasteiger partial charge in [0, 0.05) is 6.92 Å². The van der Waals surface area contributed by atoms with E-state index in [9.17, 15) is 20.1 Å². The predicted octanol–water partition coefficient (Wildman–Crippen LogP) is 3.20. The highest BCUT2D eigenvalue weighted by atomic mass is 16.7. The Morgan fingerprint density at radius 3 is 2.34 bits per heavy atom. The van der Waals surface area contributed by atoms with E-state index in [4.69, 9.17) is 14.2 Å². The number of carbonyl (C=O) groups excluding carboxylic acids is 1. The van der Waals surface area contributed by atoms with E-state index in [1.807, 2.05) is 0 Å². The van der Waals surface area contributed by atoms with Gasteiger partial charge in [0.05, 0.1) is 18.8 Å². The van der Waals surface area contributed by atoms with Crippen LogP contribution in [0.15, 0.2) is 12.7 Å². The number of esters is 1. The van der Waals surface area contributed by atoms with Crippen molar-refractivity contribution in [1.29, 1.82) is 0 Å². The van der Waals surface area contributed by atoms with Crippen molar-refractivity contribution in [1.82, 2.24) is 0 Å². The van der Waals surface area contributed by atoms with Crippen LogP contribution in [0, 0.1) is 40.4 Å². The summed E-state index contributed by atoms with van der Waals surface area (Å²) in [5, 5.41) is 32.2. The summed E-state index contributed by atoms with van der Waals surface area (Å²) in [4.78, 5) is 11.3. The summed E-state index contributed by atoms with van der Waals surface area (Å²) >= 11 is 0. The number of fused-ring (bicyclic) bond motifs is 5. The van der Waals surface area contributed by atoms with Gasteiger partial charge >= 0.3 is 5.97 Å². The van der Waals surface area contributed by atoms with Gasteiger partial charge in [0.2, 0.25) is 0 Å². The van der Waals surface area contributed by atoms with Crippen molar-refractivity contribution in [3.8, 4) is 0 Å². The first-order valence-corrected chi connectivity index (χ1v) is 13.7. The largest absolute Gasteiger partial charge is 0.457 e. The van der Waals surface area contributed by atoms with E-state index in [1.54, 1.807) is 0 Å². The Morgan fingerprint density at radius 1 is 0.943 bits per heavy atom. The van der Waals surface area contributed by atoms with Crippen molar-refractivity contribution in [2.45, 2.75) is 109 Å². The molecule has 0 radical (unpaired) electrons. The summed E-state index contributed by atoms with van der Waals surface area (Å²) in [7, 11) is 0. The lowest BCUT2D eigenvalue weighted by Gasteiger charge is -2.62.